The van der Waals surface area contributed by atoms with Crippen LogP contribution in [0.5, 0.6) is 0 Å². The van der Waals surface area contributed by atoms with Crippen LogP contribution in [0.15, 0.2) is 78.9 Å². The lowest BCUT2D eigenvalue weighted by molar-refractivity contribution is -0.00134. The van der Waals surface area contributed by atoms with Gasteiger partial charge in [-0.1, -0.05) is 94.1 Å². The van der Waals surface area contributed by atoms with Gasteiger partial charge in [0.2, 0.25) is 0 Å². The van der Waals surface area contributed by atoms with E-state index in [0.717, 1.165) is 17.4 Å². The molecule has 1 atom stereocenters. The third kappa shape index (κ3) is 8.61. The molecule has 0 radical (unpaired) electrons. The summed E-state index contributed by atoms with van der Waals surface area (Å²) in [5, 5.41) is 0. The number of hydrogen-bond acceptors (Lipinski definition) is 4. The minimum absolute atomic E-state index is 0.0448. The molecule has 2 aliphatic carbocycles. The van der Waals surface area contributed by atoms with Gasteiger partial charge in [0, 0.05) is 0 Å². The highest BCUT2D eigenvalue weighted by Gasteiger charge is 2.25. The maximum absolute atomic E-state index is 13.2. The molecule has 44 heavy (non-hydrogen) atoms. The van der Waals surface area contributed by atoms with Crippen LogP contribution in [0.1, 0.15) is 146 Å². The first-order valence-electron chi connectivity index (χ1n) is 17.2. The van der Waals surface area contributed by atoms with Gasteiger partial charge in [0.25, 0.3) is 0 Å². The van der Waals surface area contributed by atoms with Gasteiger partial charge >= 0.3 is 11.9 Å². The topological polar surface area (TPSA) is 52.6 Å². The Kier molecular flexibility index (Phi) is 11.7. The molecule has 5 rings (SSSR count). The van der Waals surface area contributed by atoms with Crippen molar-refractivity contribution in [1.82, 2.24) is 0 Å². The van der Waals surface area contributed by atoms with Crippen molar-refractivity contribution in [2.75, 3.05) is 6.61 Å². The summed E-state index contributed by atoms with van der Waals surface area (Å²) in [6.45, 7) is 4.50. The Bertz CT molecular complexity index is 1300. The average molecular weight is 595 g/mol. The molecule has 0 saturated heterocycles. The summed E-state index contributed by atoms with van der Waals surface area (Å²) in [5.74, 6) is 2.07. The zero-order chi connectivity index (χ0) is 30.7. The Labute approximate surface area is 264 Å². The summed E-state index contributed by atoms with van der Waals surface area (Å²) >= 11 is 0. The summed E-state index contributed by atoms with van der Waals surface area (Å²) in [7, 11) is 0. The highest BCUT2D eigenvalue weighted by Crippen LogP contribution is 2.38. The molecule has 0 amide bonds. The van der Waals surface area contributed by atoms with Crippen LogP contribution in [0, 0.1) is 11.8 Å². The minimum Gasteiger partial charge on any atom is -0.458 e. The van der Waals surface area contributed by atoms with E-state index in [9.17, 15) is 9.59 Å². The minimum atomic E-state index is -0.696. The zero-order valence-corrected chi connectivity index (χ0v) is 26.7. The zero-order valence-electron chi connectivity index (χ0n) is 26.7. The fourth-order valence-electron chi connectivity index (χ4n) is 7.47. The Hall–Kier alpha value is -3.40. The number of benzene rings is 3. The van der Waals surface area contributed by atoms with Crippen LogP contribution in [0.3, 0.4) is 0 Å². The van der Waals surface area contributed by atoms with Crippen molar-refractivity contribution in [3.8, 4) is 0 Å². The molecule has 0 heterocycles. The van der Waals surface area contributed by atoms with Gasteiger partial charge in [0.1, 0.15) is 6.61 Å². The summed E-state index contributed by atoms with van der Waals surface area (Å²) in [6, 6.07) is 25.3. The van der Waals surface area contributed by atoms with Crippen LogP contribution in [0.25, 0.3) is 0 Å². The molecule has 0 aromatic heterocycles. The van der Waals surface area contributed by atoms with Gasteiger partial charge in [-0.05, 0) is 116 Å². The molecule has 4 nitrogen and oxygen atoms in total. The van der Waals surface area contributed by atoms with Crippen LogP contribution in [-0.4, -0.2) is 18.5 Å². The van der Waals surface area contributed by atoms with E-state index in [1.165, 1.54) is 88.2 Å². The molecule has 2 aliphatic rings. The van der Waals surface area contributed by atoms with Crippen molar-refractivity contribution >= 4 is 11.9 Å². The van der Waals surface area contributed by atoms with Crippen molar-refractivity contribution < 1.29 is 19.1 Å². The van der Waals surface area contributed by atoms with Crippen LogP contribution >= 0.6 is 0 Å². The number of rotatable bonds is 12. The monoisotopic (exact) mass is 594 g/mol. The van der Waals surface area contributed by atoms with Crippen molar-refractivity contribution in [1.29, 1.82) is 0 Å². The van der Waals surface area contributed by atoms with Crippen LogP contribution in [0.4, 0.5) is 0 Å². The van der Waals surface area contributed by atoms with E-state index in [0.29, 0.717) is 23.0 Å². The molecular formula is C40H50O4. The fourth-order valence-corrected chi connectivity index (χ4v) is 7.47. The molecule has 0 N–H and O–H groups in total. The molecule has 0 bridgehead atoms. The number of carbonyl (C=O) groups is 2. The van der Waals surface area contributed by atoms with Crippen molar-refractivity contribution in [3.63, 3.8) is 0 Å². The van der Waals surface area contributed by atoms with Crippen molar-refractivity contribution in [2.24, 2.45) is 11.8 Å². The van der Waals surface area contributed by atoms with E-state index < -0.39 is 18.0 Å². The summed E-state index contributed by atoms with van der Waals surface area (Å²) in [4.78, 5) is 26.2. The first kappa shape index (κ1) is 32.0. The van der Waals surface area contributed by atoms with E-state index in [1.807, 2.05) is 54.6 Å². The molecule has 3 aromatic carbocycles. The van der Waals surface area contributed by atoms with Crippen molar-refractivity contribution in [3.05, 3.63) is 107 Å². The second-order valence-corrected chi connectivity index (χ2v) is 13.2. The maximum Gasteiger partial charge on any atom is 0.338 e. The number of carbonyl (C=O) groups excluding carboxylic acids is 2. The Morgan fingerprint density at radius 3 is 1.52 bits per heavy atom. The van der Waals surface area contributed by atoms with Gasteiger partial charge in [-0.25, -0.2) is 9.59 Å². The van der Waals surface area contributed by atoms with Gasteiger partial charge in [-0.2, -0.15) is 0 Å². The van der Waals surface area contributed by atoms with Gasteiger partial charge < -0.3 is 9.47 Å². The lowest BCUT2D eigenvalue weighted by atomic mass is 9.77. The Balaban J connectivity index is 1.16. The van der Waals surface area contributed by atoms with E-state index in [-0.39, 0.29) is 6.61 Å². The number of hydrogen-bond donors (Lipinski definition) is 0. The SMILES string of the molecule is CCC[C@H]1CC[C@H](c2ccc(C(=O)OCC(OC(=O)c3ccc([C@H]4CC[C@H](CCC)CC4)cc3)c3ccccc3)cc2)CC1. The summed E-state index contributed by atoms with van der Waals surface area (Å²) in [5.41, 5.74) is 4.44. The predicted molar refractivity (Wildman–Crippen MR) is 177 cm³/mol. The van der Waals surface area contributed by atoms with E-state index in [1.54, 1.807) is 0 Å². The van der Waals surface area contributed by atoms with Gasteiger partial charge in [0.05, 0.1) is 11.1 Å². The summed E-state index contributed by atoms with van der Waals surface area (Å²) in [6.07, 6.45) is 14.6. The first-order chi connectivity index (χ1) is 21.5. The molecular weight excluding hydrogens is 544 g/mol. The normalized spacial score (nSPS) is 22.6. The van der Waals surface area contributed by atoms with Crippen molar-refractivity contribution in [2.45, 2.75) is 109 Å². The Morgan fingerprint density at radius 2 is 1.07 bits per heavy atom. The predicted octanol–water partition coefficient (Wildman–Crippen LogP) is 10.6. The number of esters is 2. The standard InChI is InChI=1S/C40H50O4/c1-3-8-29-12-16-31(17-13-29)33-20-24-36(25-21-33)39(41)43-28-38(35-10-6-5-7-11-35)44-40(42)37-26-22-34(23-27-37)32-18-14-30(9-4-2)15-19-32/h5-7,10-11,20-27,29-32,38H,3-4,8-9,12-19,28H2,1-2H3/t29-,30-,31-,32-,38?. The molecule has 3 aromatic rings. The third-order valence-corrected chi connectivity index (χ3v) is 10.1. The first-order valence-corrected chi connectivity index (χ1v) is 17.2. The van der Waals surface area contributed by atoms with Gasteiger partial charge in [0.15, 0.2) is 6.10 Å². The Morgan fingerprint density at radius 1 is 0.614 bits per heavy atom. The van der Waals surface area contributed by atoms with Gasteiger partial charge in [-0.15, -0.1) is 0 Å². The molecule has 2 saturated carbocycles. The molecule has 0 spiro atoms. The largest absolute Gasteiger partial charge is 0.458 e. The highest BCUT2D eigenvalue weighted by atomic mass is 16.6. The highest BCUT2D eigenvalue weighted by molar-refractivity contribution is 5.90. The second kappa shape index (κ2) is 16.1. The van der Waals surface area contributed by atoms with Crippen LogP contribution < -0.4 is 0 Å². The average Bonchev–Trinajstić information content (AvgIpc) is 3.08. The second-order valence-electron chi connectivity index (χ2n) is 13.2. The molecule has 234 valence electrons. The number of ether oxygens (including phenoxy) is 2. The lowest BCUT2D eigenvalue weighted by Crippen LogP contribution is -2.19. The van der Waals surface area contributed by atoms with E-state index in [4.69, 9.17) is 9.47 Å². The fraction of sp³-hybridized carbons (Fsp3) is 0.500. The smallest absolute Gasteiger partial charge is 0.338 e. The van der Waals surface area contributed by atoms with E-state index in [2.05, 4.69) is 38.1 Å². The van der Waals surface area contributed by atoms with Crippen LogP contribution in [-0.2, 0) is 9.47 Å². The third-order valence-electron chi connectivity index (χ3n) is 10.1. The lowest BCUT2D eigenvalue weighted by Gasteiger charge is -2.28. The van der Waals surface area contributed by atoms with Gasteiger partial charge in [-0.3, -0.25) is 0 Å². The maximum atomic E-state index is 13.2. The van der Waals surface area contributed by atoms with E-state index >= 15 is 0 Å². The molecule has 1 unspecified atom stereocenters. The molecule has 0 aliphatic heterocycles. The summed E-state index contributed by atoms with van der Waals surface area (Å²) < 4.78 is 11.7. The molecule has 2 fully saturated rings. The molecule has 4 heteroatoms. The quantitative estimate of drug-likeness (QED) is 0.196. The van der Waals surface area contributed by atoms with Crippen LogP contribution in [0.2, 0.25) is 0 Å².